The van der Waals surface area contributed by atoms with Gasteiger partial charge in [0.2, 0.25) is 0 Å². The fourth-order valence-electron chi connectivity index (χ4n) is 1.55. The van der Waals surface area contributed by atoms with Gasteiger partial charge >= 0.3 is 0 Å². The van der Waals surface area contributed by atoms with Crippen LogP contribution in [-0.4, -0.2) is 6.21 Å². The van der Waals surface area contributed by atoms with Gasteiger partial charge in [-0.2, -0.15) is 0 Å². The number of rotatable bonds is 3. The van der Waals surface area contributed by atoms with Crippen LogP contribution in [-0.2, 0) is 0 Å². The van der Waals surface area contributed by atoms with Gasteiger partial charge in [0.25, 0.3) is 0 Å². The molecule has 0 heterocycles. The minimum absolute atomic E-state index is 0.753. The molecule has 0 fully saturated rings. The van der Waals surface area contributed by atoms with E-state index in [-0.39, 0.29) is 0 Å². The first-order chi connectivity index (χ1) is 8.74. The quantitative estimate of drug-likeness (QED) is 0.673. The summed E-state index contributed by atoms with van der Waals surface area (Å²) < 4.78 is 0. The van der Waals surface area contributed by atoms with E-state index < -0.39 is 0 Å². The second-order valence-electron chi connectivity index (χ2n) is 4.03. The Bertz CT molecular complexity index is 553. The normalized spacial score (nSPS) is 12.0. The first-order valence-corrected chi connectivity index (χ1v) is 6.15. The van der Waals surface area contributed by atoms with Crippen LogP contribution >= 0.6 is 11.6 Å². The van der Waals surface area contributed by atoms with Gasteiger partial charge in [-0.25, -0.2) is 0 Å². The monoisotopic (exact) mass is 255 g/mol. The lowest BCUT2D eigenvalue weighted by Crippen LogP contribution is -1.79. The lowest BCUT2D eigenvalue weighted by molar-refractivity contribution is 1.51. The Hall–Kier alpha value is -1.86. The molecule has 0 aliphatic carbocycles. The zero-order valence-corrected chi connectivity index (χ0v) is 10.9. The van der Waals surface area contributed by atoms with Gasteiger partial charge in [-0.05, 0) is 42.3 Å². The molecule has 0 saturated heterocycles. The summed E-state index contributed by atoms with van der Waals surface area (Å²) in [4.78, 5) is 4.40. The third-order valence-electron chi connectivity index (χ3n) is 2.44. The van der Waals surface area contributed by atoms with Crippen LogP contribution in [0.4, 0.5) is 5.69 Å². The Morgan fingerprint density at radius 1 is 1.00 bits per heavy atom. The van der Waals surface area contributed by atoms with Gasteiger partial charge in [0.15, 0.2) is 0 Å². The molecule has 0 atom stereocenters. The molecule has 0 amide bonds. The summed E-state index contributed by atoms with van der Waals surface area (Å²) in [5, 5.41) is 0.753. The molecule has 18 heavy (non-hydrogen) atoms. The number of allylic oxidation sites excluding steroid dienone is 1. The molecule has 0 saturated carbocycles. The molecule has 0 spiro atoms. The van der Waals surface area contributed by atoms with E-state index in [0.29, 0.717) is 0 Å². The lowest BCUT2D eigenvalue weighted by Gasteiger charge is -1.96. The highest BCUT2D eigenvalue weighted by Crippen LogP contribution is 2.13. The zero-order chi connectivity index (χ0) is 12.8. The number of hydrogen-bond donors (Lipinski definition) is 0. The summed E-state index contributed by atoms with van der Waals surface area (Å²) in [5.41, 5.74) is 3.18. The summed E-state index contributed by atoms with van der Waals surface area (Å²) >= 11 is 5.84. The second-order valence-corrected chi connectivity index (χ2v) is 4.47. The maximum absolute atomic E-state index is 5.84. The summed E-state index contributed by atoms with van der Waals surface area (Å²) in [6.45, 7) is 2.03. The van der Waals surface area contributed by atoms with Gasteiger partial charge in [0, 0.05) is 11.2 Å². The first-order valence-electron chi connectivity index (χ1n) is 5.77. The SMILES string of the molecule is C/C(C=Nc1ccccc1)=C\c1ccc(Cl)cc1. The van der Waals surface area contributed by atoms with E-state index in [1.165, 1.54) is 0 Å². The van der Waals surface area contributed by atoms with Crippen LogP contribution in [0.2, 0.25) is 5.02 Å². The van der Waals surface area contributed by atoms with Crippen molar-refractivity contribution in [3.8, 4) is 0 Å². The van der Waals surface area contributed by atoms with E-state index in [1.54, 1.807) is 0 Å². The molecule has 90 valence electrons. The predicted molar refractivity (Wildman–Crippen MR) is 79.7 cm³/mol. The van der Waals surface area contributed by atoms with Crippen molar-refractivity contribution in [3.63, 3.8) is 0 Å². The summed E-state index contributed by atoms with van der Waals surface area (Å²) in [6.07, 6.45) is 3.94. The minimum atomic E-state index is 0.753. The predicted octanol–water partition coefficient (Wildman–Crippen LogP) is 5.15. The van der Waals surface area contributed by atoms with Gasteiger partial charge in [-0.1, -0.05) is 48.0 Å². The van der Waals surface area contributed by atoms with Crippen LogP contribution in [0.15, 0.2) is 65.2 Å². The van der Waals surface area contributed by atoms with Crippen LogP contribution in [0.1, 0.15) is 12.5 Å². The molecule has 1 nitrogen and oxygen atoms in total. The number of aliphatic imine (C=N–C) groups is 1. The minimum Gasteiger partial charge on any atom is -0.257 e. The van der Waals surface area contributed by atoms with Crippen LogP contribution in [0, 0.1) is 0 Å². The van der Waals surface area contributed by atoms with E-state index in [1.807, 2.05) is 67.7 Å². The summed E-state index contributed by atoms with van der Waals surface area (Å²) in [6, 6.07) is 17.6. The summed E-state index contributed by atoms with van der Waals surface area (Å²) in [7, 11) is 0. The molecule has 0 aromatic heterocycles. The highest BCUT2D eigenvalue weighted by molar-refractivity contribution is 6.30. The Labute approximate surface area is 112 Å². The van der Waals surface area contributed by atoms with Crippen LogP contribution < -0.4 is 0 Å². The van der Waals surface area contributed by atoms with E-state index in [2.05, 4.69) is 11.1 Å². The molecule has 2 aromatic rings. The Morgan fingerprint density at radius 3 is 2.33 bits per heavy atom. The number of nitrogens with zero attached hydrogens (tertiary/aromatic N) is 1. The van der Waals surface area contributed by atoms with Gasteiger partial charge in [-0.3, -0.25) is 4.99 Å². The molecule has 0 radical (unpaired) electrons. The second kappa shape index (κ2) is 6.18. The van der Waals surface area contributed by atoms with E-state index in [0.717, 1.165) is 21.8 Å². The molecule has 2 rings (SSSR count). The molecule has 0 unspecified atom stereocenters. The van der Waals surface area contributed by atoms with Crippen molar-refractivity contribution in [2.75, 3.05) is 0 Å². The third kappa shape index (κ3) is 3.86. The van der Waals surface area contributed by atoms with Crippen molar-refractivity contribution in [3.05, 3.63) is 70.8 Å². The molecular weight excluding hydrogens is 242 g/mol. The fraction of sp³-hybridized carbons (Fsp3) is 0.0625. The Morgan fingerprint density at radius 2 is 1.67 bits per heavy atom. The number of para-hydroxylation sites is 1. The van der Waals surface area contributed by atoms with Crippen LogP contribution in [0.3, 0.4) is 0 Å². The van der Waals surface area contributed by atoms with Crippen molar-refractivity contribution in [1.82, 2.24) is 0 Å². The van der Waals surface area contributed by atoms with Crippen LogP contribution in [0.25, 0.3) is 6.08 Å². The Balaban J connectivity index is 2.10. The average molecular weight is 256 g/mol. The van der Waals surface area contributed by atoms with E-state index >= 15 is 0 Å². The lowest BCUT2D eigenvalue weighted by atomic mass is 10.1. The topological polar surface area (TPSA) is 12.4 Å². The first kappa shape index (κ1) is 12.6. The van der Waals surface area contributed by atoms with Crippen molar-refractivity contribution in [1.29, 1.82) is 0 Å². The fourth-order valence-corrected chi connectivity index (χ4v) is 1.68. The molecule has 0 aliphatic heterocycles. The maximum atomic E-state index is 5.84. The van der Waals surface area contributed by atoms with Crippen LogP contribution in [0.5, 0.6) is 0 Å². The average Bonchev–Trinajstić information content (AvgIpc) is 2.40. The van der Waals surface area contributed by atoms with Crippen molar-refractivity contribution in [2.45, 2.75) is 6.92 Å². The molecular formula is C16H14ClN. The summed E-state index contributed by atoms with van der Waals surface area (Å²) in [5.74, 6) is 0. The molecule has 0 aliphatic rings. The van der Waals surface area contributed by atoms with Gasteiger partial charge in [0.1, 0.15) is 0 Å². The Kier molecular flexibility index (Phi) is 4.32. The highest BCUT2D eigenvalue weighted by Gasteiger charge is 1.90. The zero-order valence-electron chi connectivity index (χ0n) is 10.2. The highest BCUT2D eigenvalue weighted by atomic mass is 35.5. The number of hydrogen-bond acceptors (Lipinski definition) is 1. The van der Waals surface area contributed by atoms with Gasteiger partial charge in [0.05, 0.1) is 5.69 Å². The van der Waals surface area contributed by atoms with E-state index in [9.17, 15) is 0 Å². The number of benzene rings is 2. The van der Waals surface area contributed by atoms with Gasteiger partial charge < -0.3 is 0 Å². The standard InChI is InChI=1S/C16H14ClN/c1-13(11-14-7-9-15(17)10-8-14)12-18-16-5-3-2-4-6-16/h2-12H,1H3/b13-11+,18-12?. The van der Waals surface area contributed by atoms with E-state index in [4.69, 9.17) is 11.6 Å². The largest absolute Gasteiger partial charge is 0.257 e. The van der Waals surface area contributed by atoms with Gasteiger partial charge in [-0.15, -0.1) is 0 Å². The maximum Gasteiger partial charge on any atom is 0.0629 e. The smallest absolute Gasteiger partial charge is 0.0629 e. The molecule has 2 aromatic carbocycles. The molecule has 2 heteroatoms. The van der Waals surface area contributed by atoms with Crippen molar-refractivity contribution >= 4 is 29.6 Å². The third-order valence-corrected chi connectivity index (χ3v) is 2.69. The number of halogens is 1. The molecule has 0 bridgehead atoms. The van der Waals surface area contributed by atoms with Crippen molar-refractivity contribution in [2.24, 2.45) is 4.99 Å². The molecule has 0 N–H and O–H groups in total. The van der Waals surface area contributed by atoms with Crippen molar-refractivity contribution < 1.29 is 0 Å².